The number of hydrogen-bond acceptors (Lipinski definition) is 5. The first-order valence-electron chi connectivity index (χ1n) is 12.5. The first kappa shape index (κ1) is 25.2. The number of hydrogen-bond donors (Lipinski definition) is 0. The van der Waals surface area contributed by atoms with E-state index in [1.54, 1.807) is 29.2 Å². The van der Waals surface area contributed by atoms with Crippen molar-refractivity contribution in [3.05, 3.63) is 59.1 Å². The Morgan fingerprint density at radius 3 is 2.17 bits per heavy atom. The number of benzene rings is 2. The van der Waals surface area contributed by atoms with Crippen molar-refractivity contribution in [2.24, 2.45) is 0 Å². The average molecular weight is 576 g/mol. The lowest BCUT2D eigenvalue weighted by atomic mass is 9.86. The Hall–Kier alpha value is -2.43. The summed E-state index contributed by atoms with van der Waals surface area (Å²) in [7, 11) is -3.66. The van der Waals surface area contributed by atoms with Gasteiger partial charge in [0.2, 0.25) is 21.8 Å². The zero-order valence-electron chi connectivity index (χ0n) is 20.2. The number of anilines is 1. The van der Waals surface area contributed by atoms with Crippen molar-refractivity contribution in [3.63, 3.8) is 0 Å². The van der Waals surface area contributed by atoms with Crippen molar-refractivity contribution in [3.8, 4) is 0 Å². The van der Waals surface area contributed by atoms with Crippen molar-refractivity contribution >= 4 is 43.5 Å². The van der Waals surface area contributed by atoms with Crippen LogP contribution in [0.4, 0.5) is 5.69 Å². The second-order valence-corrected chi connectivity index (χ2v) is 12.6. The molecule has 3 aliphatic rings. The molecule has 0 unspecified atom stereocenters. The van der Waals surface area contributed by atoms with Gasteiger partial charge in [0.15, 0.2) is 0 Å². The zero-order chi connectivity index (χ0) is 25.3. The third-order valence-corrected chi connectivity index (χ3v) is 10.1. The lowest BCUT2D eigenvalue weighted by Gasteiger charge is -2.42. The number of carbonyl (C=O) groups excluding carboxylic acids is 2. The largest absolute Gasteiger partial charge is 0.341 e. The Bertz CT molecular complexity index is 1210. The lowest BCUT2D eigenvalue weighted by molar-refractivity contribution is -0.141. The van der Waals surface area contributed by atoms with Crippen LogP contribution in [0, 0.1) is 0 Å². The smallest absolute Gasteiger partial charge is 0.250 e. The number of likely N-dealkylation sites (tertiary alicyclic amines) is 1. The predicted molar refractivity (Wildman–Crippen MR) is 141 cm³/mol. The fraction of sp³-hybridized carbons (Fsp3) is 0.462. The van der Waals surface area contributed by atoms with Gasteiger partial charge in [0.25, 0.3) is 0 Å². The van der Waals surface area contributed by atoms with Crippen LogP contribution >= 0.6 is 15.9 Å². The molecule has 0 bridgehead atoms. The standard InChI is InChI=1S/C26H31BrN4O4S/c27-21-9-11-23(12-10-21)36(34,35)30-17-13-26(14-18-30)25(33)29(19-24(32)28-15-5-2-6-16-28)20-31(26)22-7-3-1-4-8-22/h1,3-4,7-12H,2,5-6,13-20H2. The minimum atomic E-state index is -3.66. The van der Waals surface area contributed by atoms with E-state index in [0.29, 0.717) is 19.5 Å². The van der Waals surface area contributed by atoms with Gasteiger partial charge < -0.3 is 14.7 Å². The van der Waals surface area contributed by atoms with Gasteiger partial charge >= 0.3 is 0 Å². The third-order valence-electron chi connectivity index (χ3n) is 7.62. The molecule has 192 valence electrons. The first-order chi connectivity index (χ1) is 17.3. The van der Waals surface area contributed by atoms with Crippen LogP contribution in [0.1, 0.15) is 32.1 Å². The van der Waals surface area contributed by atoms with E-state index < -0.39 is 15.6 Å². The van der Waals surface area contributed by atoms with Crippen LogP contribution in [0.15, 0.2) is 64.0 Å². The Kier molecular flexibility index (Phi) is 7.11. The molecule has 2 aromatic rings. The molecule has 2 aromatic carbocycles. The van der Waals surface area contributed by atoms with Gasteiger partial charge in [-0.25, -0.2) is 8.42 Å². The summed E-state index contributed by atoms with van der Waals surface area (Å²) in [5, 5.41) is 0. The molecule has 0 aromatic heterocycles. The summed E-state index contributed by atoms with van der Waals surface area (Å²) < 4.78 is 28.8. The van der Waals surface area contributed by atoms with Gasteiger partial charge in [-0.05, 0) is 68.5 Å². The van der Waals surface area contributed by atoms with Crippen LogP contribution in [0.3, 0.4) is 0 Å². The van der Waals surface area contributed by atoms with E-state index >= 15 is 0 Å². The Morgan fingerprint density at radius 1 is 0.889 bits per heavy atom. The molecule has 5 rings (SSSR count). The summed E-state index contributed by atoms with van der Waals surface area (Å²) in [5.74, 6) is -0.0965. The zero-order valence-corrected chi connectivity index (χ0v) is 22.6. The second-order valence-electron chi connectivity index (χ2n) is 9.74. The number of halogens is 1. The van der Waals surface area contributed by atoms with Crippen LogP contribution in [0.25, 0.3) is 0 Å². The number of nitrogens with zero attached hydrogens (tertiary/aromatic N) is 4. The van der Waals surface area contributed by atoms with E-state index in [-0.39, 0.29) is 36.3 Å². The highest BCUT2D eigenvalue weighted by Gasteiger charge is 2.55. The highest BCUT2D eigenvalue weighted by Crippen LogP contribution is 2.40. The van der Waals surface area contributed by atoms with E-state index in [4.69, 9.17) is 0 Å². The molecule has 2 amide bonds. The van der Waals surface area contributed by atoms with E-state index in [1.807, 2.05) is 35.2 Å². The maximum Gasteiger partial charge on any atom is 0.250 e. The van der Waals surface area contributed by atoms with Crippen LogP contribution in [0.5, 0.6) is 0 Å². The van der Waals surface area contributed by atoms with Crippen LogP contribution in [0.2, 0.25) is 0 Å². The summed E-state index contributed by atoms with van der Waals surface area (Å²) in [4.78, 5) is 32.7. The molecule has 10 heteroatoms. The van der Waals surface area contributed by atoms with Gasteiger partial charge in [-0.15, -0.1) is 0 Å². The molecule has 3 heterocycles. The van der Waals surface area contributed by atoms with E-state index in [0.717, 1.165) is 42.5 Å². The molecule has 0 atom stereocenters. The van der Waals surface area contributed by atoms with Crippen LogP contribution in [-0.2, 0) is 19.6 Å². The normalized spacial score (nSPS) is 20.8. The van der Waals surface area contributed by atoms with Crippen LogP contribution in [-0.4, -0.2) is 79.3 Å². The Balaban J connectivity index is 1.37. The number of carbonyl (C=O) groups is 2. The SMILES string of the molecule is O=C(CN1CN(c2ccccc2)C2(CCN(S(=O)(=O)c3ccc(Br)cc3)CC2)C1=O)N1CCCCC1. The highest BCUT2D eigenvalue weighted by molar-refractivity contribution is 9.10. The third kappa shape index (κ3) is 4.66. The van der Waals surface area contributed by atoms with Gasteiger partial charge in [-0.1, -0.05) is 34.1 Å². The van der Waals surface area contributed by atoms with E-state index in [9.17, 15) is 18.0 Å². The molecule has 0 radical (unpaired) electrons. The van der Waals surface area contributed by atoms with Gasteiger partial charge in [0, 0.05) is 36.3 Å². The molecule has 8 nitrogen and oxygen atoms in total. The minimum absolute atomic E-state index is 0.0108. The summed E-state index contributed by atoms with van der Waals surface area (Å²) in [6.07, 6.45) is 3.87. The summed E-state index contributed by atoms with van der Waals surface area (Å²) in [6, 6.07) is 16.3. The quantitative estimate of drug-likeness (QED) is 0.547. The van der Waals surface area contributed by atoms with Crippen molar-refractivity contribution < 1.29 is 18.0 Å². The van der Waals surface area contributed by atoms with Gasteiger partial charge in [0.1, 0.15) is 12.1 Å². The molecule has 3 fully saturated rings. The maximum absolute atomic E-state index is 13.9. The van der Waals surface area contributed by atoms with E-state index in [2.05, 4.69) is 20.8 Å². The second kappa shape index (κ2) is 10.1. The molecular formula is C26H31BrN4O4S. The van der Waals surface area contributed by atoms with Crippen LogP contribution < -0.4 is 4.90 Å². The number of amides is 2. The highest BCUT2D eigenvalue weighted by atomic mass is 79.9. The monoisotopic (exact) mass is 574 g/mol. The molecule has 3 saturated heterocycles. The van der Waals surface area contributed by atoms with Crippen molar-refractivity contribution in [1.29, 1.82) is 0 Å². The molecule has 0 saturated carbocycles. The maximum atomic E-state index is 13.9. The van der Waals surface area contributed by atoms with Crippen molar-refractivity contribution in [2.45, 2.75) is 42.5 Å². The summed E-state index contributed by atoms with van der Waals surface area (Å²) in [5.41, 5.74) is 0.0397. The first-order valence-corrected chi connectivity index (χ1v) is 14.7. The van der Waals surface area contributed by atoms with Crippen molar-refractivity contribution in [1.82, 2.24) is 14.1 Å². The Morgan fingerprint density at radius 2 is 1.53 bits per heavy atom. The fourth-order valence-corrected chi connectivity index (χ4v) is 7.29. The predicted octanol–water partition coefficient (Wildman–Crippen LogP) is 3.29. The number of sulfonamides is 1. The van der Waals surface area contributed by atoms with E-state index in [1.165, 1.54) is 4.31 Å². The molecular weight excluding hydrogens is 544 g/mol. The van der Waals surface area contributed by atoms with Gasteiger partial charge in [-0.2, -0.15) is 4.31 Å². The van der Waals surface area contributed by atoms with Crippen molar-refractivity contribution in [2.75, 3.05) is 44.3 Å². The topological polar surface area (TPSA) is 81.2 Å². The number of piperidine rings is 2. The summed E-state index contributed by atoms with van der Waals surface area (Å²) >= 11 is 3.35. The number of rotatable bonds is 5. The Labute approximate surface area is 221 Å². The minimum Gasteiger partial charge on any atom is -0.341 e. The number of para-hydroxylation sites is 1. The lowest BCUT2D eigenvalue weighted by Crippen LogP contribution is -2.57. The molecule has 36 heavy (non-hydrogen) atoms. The summed E-state index contributed by atoms with van der Waals surface area (Å²) in [6.45, 7) is 2.35. The van der Waals surface area contributed by atoms with Gasteiger partial charge in [0.05, 0.1) is 11.6 Å². The molecule has 1 spiro atoms. The fourth-order valence-electron chi connectivity index (χ4n) is 5.58. The molecule has 0 aliphatic carbocycles. The molecule has 3 aliphatic heterocycles. The average Bonchev–Trinajstić information content (AvgIpc) is 3.16. The van der Waals surface area contributed by atoms with Gasteiger partial charge in [-0.3, -0.25) is 9.59 Å². The molecule has 0 N–H and O–H groups in total.